The van der Waals surface area contributed by atoms with Crippen molar-refractivity contribution in [1.29, 1.82) is 0 Å². The van der Waals surface area contributed by atoms with Crippen molar-refractivity contribution in [3.05, 3.63) is 66.0 Å². The second-order valence-corrected chi connectivity index (χ2v) is 8.46. The Labute approximate surface area is 147 Å². The first-order valence-electron chi connectivity index (χ1n) is 8.29. The van der Waals surface area contributed by atoms with Crippen LogP contribution in [0.3, 0.4) is 0 Å². The Bertz CT molecular complexity index is 841. The second-order valence-electron chi connectivity index (χ2n) is 6.39. The lowest BCUT2D eigenvalue weighted by molar-refractivity contribution is 0.101. The molecule has 2 aromatic carbocycles. The Kier molecular flexibility index (Phi) is 4.95. The van der Waals surface area contributed by atoms with E-state index in [0.717, 1.165) is 0 Å². The van der Waals surface area contributed by atoms with Gasteiger partial charge in [-0.2, -0.15) is 0 Å². The van der Waals surface area contributed by atoms with Gasteiger partial charge in [-0.15, -0.1) is 0 Å². The maximum Gasteiger partial charge on any atom is 0.182 e. The first-order valence-corrected chi connectivity index (χ1v) is 9.84. The Morgan fingerprint density at radius 1 is 1.16 bits per heavy atom. The lowest BCUT2D eigenvalue weighted by atomic mass is 10.00. The van der Waals surface area contributed by atoms with E-state index in [0.29, 0.717) is 12.2 Å². The zero-order chi connectivity index (χ0) is 18.1. The molecule has 1 aliphatic rings. The minimum absolute atomic E-state index is 0.158. The molecule has 2 N–H and O–H groups in total. The van der Waals surface area contributed by atoms with Gasteiger partial charge in [0.2, 0.25) is 0 Å². The lowest BCUT2D eigenvalue weighted by Crippen LogP contribution is -2.29. The maximum absolute atomic E-state index is 13.7. The largest absolute Gasteiger partial charge is 0.381 e. The highest BCUT2D eigenvalue weighted by Crippen LogP contribution is 2.63. The normalized spacial score (nSPS) is 25.7. The van der Waals surface area contributed by atoms with Crippen molar-refractivity contribution in [2.24, 2.45) is 11.1 Å². The number of hydrogen-bond acceptors (Lipinski definition) is 4. The third-order valence-electron chi connectivity index (χ3n) is 4.95. The molecule has 0 radical (unpaired) electrons. The van der Waals surface area contributed by atoms with Gasteiger partial charge < -0.3 is 10.5 Å². The van der Waals surface area contributed by atoms with Crippen LogP contribution in [-0.4, -0.2) is 33.4 Å². The average molecular weight is 363 g/mol. The van der Waals surface area contributed by atoms with E-state index in [2.05, 4.69) is 0 Å². The highest BCUT2D eigenvalue weighted by molar-refractivity contribution is 7.92. The molecule has 3 atom stereocenters. The molecule has 1 fully saturated rings. The lowest BCUT2D eigenvalue weighted by Gasteiger charge is -2.16. The standard InChI is InChI=1S/C19H22FNO3S/c1-2-24-13-19(12-21)17(14-7-6-8-15(20)11-14)18(19)25(22,23)16-9-4-3-5-10-16/h3-11,17-18H,2,12-13,21H2,1H3/t17-,18-,19+/m0/s1. The fraction of sp³-hybridized carbons (Fsp3) is 0.368. The molecule has 4 nitrogen and oxygen atoms in total. The van der Waals surface area contributed by atoms with Crippen molar-refractivity contribution >= 4 is 9.84 Å². The predicted octanol–water partition coefficient (Wildman–Crippen LogP) is 2.75. The molecule has 0 aliphatic heterocycles. The van der Waals surface area contributed by atoms with Crippen molar-refractivity contribution in [2.75, 3.05) is 19.8 Å². The summed E-state index contributed by atoms with van der Waals surface area (Å²) in [6.45, 7) is 2.71. The van der Waals surface area contributed by atoms with Gasteiger partial charge in [0, 0.05) is 24.5 Å². The fourth-order valence-electron chi connectivity index (χ4n) is 3.67. The number of sulfone groups is 1. The van der Waals surface area contributed by atoms with E-state index in [9.17, 15) is 12.8 Å². The van der Waals surface area contributed by atoms with Crippen LogP contribution in [0.25, 0.3) is 0 Å². The number of hydrogen-bond donors (Lipinski definition) is 1. The number of rotatable bonds is 7. The maximum atomic E-state index is 13.7. The summed E-state index contributed by atoms with van der Waals surface area (Å²) in [6.07, 6.45) is 0. The second kappa shape index (κ2) is 6.86. The molecule has 1 aliphatic carbocycles. The minimum Gasteiger partial charge on any atom is -0.381 e. The number of ether oxygens (including phenoxy) is 1. The topological polar surface area (TPSA) is 69.4 Å². The average Bonchev–Trinajstić information content (AvgIpc) is 3.31. The van der Waals surface area contributed by atoms with E-state index in [1.807, 2.05) is 6.92 Å². The van der Waals surface area contributed by atoms with Crippen molar-refractivity contribution in [2.45, 2.75) is 23.0 Å². The van der Waals surface area contributed by atoms with Crippen molar-refractivity contribution in [1.82, 2.24) is 0 Å². The van der Waals surface area contributed by atoms with Crippen LogP contribution in [0.15, 0.2) is 59.5 Å². The number of nitrogens with two attached hydrogens (primary N) is 1. The first-order chi connectivity index (χ1) is 12.0. The molecule has 1 saturated carbocycles. The molecule has 25 heavy (non-hydrogen) atoms. The van der Waals surface area contributed by atoms with Crippen LogP contribution in [0.4, 0.5) is 4.39 Å². The van der Waals surface area contributed by atoms with Gasteiger partial charge in [-0.05, 0) is 36.8 Å². The molecule has 0 bridgehead atoms. The molecule has 0 aromatic heterocycles. The summed E-state index contributed by atoms with van der Waals surface area (Å²) in [6, 6.07) is 14.4. The Morgan fingerprint density at radius 2 is 1.88 bits per heavy atom. The molecular formula is C19H22FNO3S. The molecule has 134 valence electrons. The van der Waals surface area contributed by atoms with E-state index in [4.69, 9.17) is 10.5 Å². The van der Waals surface area contributed by atoms with Crippen LogP contribution in [0.1, 0.15) is 18.4 Å². The summed E-state index contributed by atoms with van der Waals surface area (Å²) in [5, 5.41) is -0.722. The molecule has 0 saturated heterocycles. The molecular weight excluding hydrogens is 341 g/mol. The quantitative estimate of drug-likeness (QED) is 0.821. The Morgan fingerprint density at radius 3 is 2.48 bits per heavy atom. The summed E-state index contributed by atoms with van der Waals surface area (Å²) >= 11 is 0. The monoisotopic (exact) mass is 363 g/mol. The van der Waals surface area contributed by atoms with Crippen molar-refractivity contribution in [3.63, 3.8) is 0 Å². The van der Waals surface area contributed by atoms with Gasteiger partial charge in [-0.3, -0.25) is 0 Å². The van der Waals surface area contributed by atoms with Crippen molar-refractivity contribution in [3.8, 4) is 0 Å². The number of benzene rings is 2. The van der Waals surface area contributed by atoms with Crippen LogP contribution in [-0.2, 0) is 14.6 Å². The third-order valence-corrected chi connectivity index (χ3v) is 7.29. The van der Waals surface area contributed by atoms with E-state index in [-0.39, 0.29) is 29.8 Å². The van der Waals surface area contributed by atoms with E-state index in [1.165, 1.54) is 12.1 Å². The summed E-state index contributed by atoms with van der Waals surface area (Å²) in [5.74, 6) is -0.771. The van der Waals surface area contributed by atoms with Gasteiger partial charge in [0.25, 0.3) is 0 Å². The third kappa shape index (κ3) is 3.10. The summed E-state index contributed by atoms with van der Waals surface area (Å²) in [5.41, 5.74) is 5.91. The van der Waals surface area contributed by atoms with Crippen LogP contribution < -0.4 is 5.73 Å². The van der Waals surface area contributed by atoms with E-state index >= 15 is 0 Å². The summed E-state index contributed by atoms with van der Waals surface area (Å²) in [4.78, 5) is 0.258. The fourth-order valence-corrected chi connectivity index (χ4v) is 6.14. The zero-order valence-electron chi connectivity index (χ0n) is 14.1. The van der Waals surface area contributed by atoms with Gasteiger partial charge in [-0.25, -0.2) is 12.8 Å². The minimum atomic E-state index is -3.61. The van der Waals surface area contributed by atoms with Gasteiger partial charge in [0.15, 0.2) is 9.84 Å². The van der Waals surface area contributed by atoms with Crippen LogP contribution >= 0.6 is 0 Å². The van der Waals surface area contributed by atoms with Gasteiger partial charge in [-0.1, -0.05) is 30.3 Å². The zero-order valence-corrected chi connectivity index (χ0v) is 14.9. The molecule has 0 amide bonds. The van der Waals surface area contributed by atoms with Gasteiger partial charge >= 0.3 is 0 Å². The van der Waals surface area contributed by atoms with Gasteiger partial charge in [0.1, 0.15) is 5.82 Å². The molecule has 3 rings (SSSR count). The van der Waals surface area contributed by atoms with E-state index < -0.39 is 20.5 Å². The van der Waals surface area contributed by atoms with E-state index in [1.54, 1.807) is 42.5 Å². The predicted molar refractivity (Wildman–Crippen MR) is 94.5 cm³/mol. The van der Waals surface area contributed by atoms with Gasteiger partial charge in [0.05, 0.1) is 16.8 Å². The molecule has 2 aromatic rings. The Hall–Kier alpha value is -1.76. The number of halogens is 1. The highest BCUT2D eigenvalue weighted by Gasteiger charge is 2.70. The summed E-state index contributed by atoms with van der Waals surface area (Å²) in [7, 11) is -3.61. The molecule has 0 spiro atoms. The molecule has 0 heterocycles. The first kappa shape index (κ1) is 18.0. The van der Waals surface area contributed by atoms with Crippen LogP contribution in [0, 0.1) is 11.2 Å². The molecule has 0 unspecified atom stereocenters. The van der Waals surface area contributed by atoms with Crippen molar-refractivity contribution < 1.29 is 17.5 Å². The van der Waals surface area contributed by atoms with Crippen LogP contribution in [0.5, 0.6) is 0 Å². The smallest absolute Gasteiger partial charge is 0.182 e. The summed E-state index contributed by atoms with van der Waals surface area (Å²) < 4.78 is 45.6. The molecule has 6 heteroatoms. The highest BCUT2D eigenvalue weighted by atomic mass is 32.2. The van der Waals surface area contributed by atoms with Crippen LogP contribution in [0.2, 0.25) is 0 Å². The SMILES string of the molecule is CCOC[C@]1(CN)[C@@H](c2cccc(F)c2)[C@@H]1S(=O)(=O)c1ccccc1. The Balaban J connectivity index is 2.06.